The van der Waals surface area contributed by atoms with Gasteiger partial charge in [0.05, 0.1) is 5.02 Å². The lowest BCUT2D eigenvalue weighted by Crippen LogP contribution is -1.89. The van der Waals surface area contributed by atoms with Crippen molar-refractivity contribution in [2.45, 2.75) is 0 Å². The lowest BCUT2D eigenvalue weighted by Gasteiger charge is -2.02. The molecule has 2 aromatic carbocycles. The third kappa shape index (κ3) is 3.60. The first kappa shape index (κ1) is 17.1. The van der Waals surface area contributed by atoms with Crippen LogP contribution in [-0.2, 0) is 0 Å². The van der Waals surface area contributed by atoms with Crippen molar-refractivity contribution in [1.82, 2.24) is 4.98 Å². The predicted octanol–water partition coefficient (Wildman–Crippen LogP) is 7.26. The standard InChI is InChI=1S/C19H11Cl2FN2OS/c20-11-1-6-15(21)14(9-11)17-7-8-18(25-17)16-10-26-19(24-16)23-13-4-2-12(22)3-5-13/h1-10H,(H,23,24). The van der Waals surface area contributed by atoms with E-state index in [9.17, 15) is 4.39 Å². The third-order valence-electron chi connectivity index (χ3n) is 3.65. The van der Waals surface area contributed by atoms with Gasteiger partial charge in [0, 0.05) is 21.7 Å². The number of benzene rings is 2. The quantitative estimate of drug-likeness (QED) is 0.388. The molecule has 0 aliphatic heterocycles. The summed E-state index contributed by atoms with van der Waals surface area (Å²) in [6, 6.07) is 15.0. The summed E-state index contributed by atoms with van der Waals surface area (Å²) in [5, 5.41) is 6.85. The zero-order chi connectivity index (χ0) is 18.1. The van der Waals surface area contributed by atoms with Gasteiger partial charge in [0.2, 0.25) is 0 Å². The number of hydrogen-bond acceptors (Lipinski definition) is 4. The fraction of sp³-hybridized carbons (Fsp3) is 0. The summed E-state index contributed by atoms with van der Waals surface area (Å²) in [6.07, 6.45) is 0. The minimum absolute atomic E-state index is 0.279. The van der Waals surface area contributed by atoms with Crippen LogP contribution < -0.4 is 5.32 Å². The molecule has 7 heteroatoms. The maximum absolute atomic E-state index is 13.0. The first-order chi connectivity index (χ1) is 12.6. The van der Waals surface area contributed by atoms with Crippen molar-refractivity contribution in [2.24, 2.45) is 0 Å². The molecule has 2 heterocycles. The van der Waals surface area contributed by atoms with Gasteiger partial charge in [-0.25, -0.2) is 9.37 Å². The van der Waals surface area contributed by atoms with Crippen LogP contribution >= 0.6 is 34.5 Å². The summed E-state index contributed by atoms with van der Waals surface area (Å²) in [5.74, 6) is 0.964. The Morgan fingerprint density at radius 2 is 1.73 bits per heavy atom. The highest BCUT2D eigenvalue weighted by molar-refractivity contribution is 7.14. The second-order valence-corrected chi connectivity index (χ2v) is 7.16. The molecule has 2 aromatic heterocycles. The molecule has 3 nitrogen and oxygen atoms in total. The minimum Gasteiger partial charge on any atom is -0.454 e. The van der Waals surface area contributed by atoms with Crippen LogP contribution in [0, 0.1) is 5.82 Å². The van der Waals surface area contributed by atoms with Gasteiger partial charge in [-0.2, -0.15) is 0 Å². The topological polar surface area (TPSA) is 38.1 Å². The number of furan rings is 1. The van der Waals surface area contributed by atoms with Gasteiger partial charge >= 0.3 is 0 Å². The molecule has 0 bridgehead atoms. The first-order valence-corrected chi connectivity index (χ1v) is 9.26. The van der Waals surface area contributed by atoms with Crippen LogP contribution in [0.15, 0.2) is 64.4 Å². The summed E-state index contributed by atoms with van der Waals surface area (Å²) in [7, 11) is 0. The number of nitrogens with zero attached hydrogens (tertiary/aromatic N) is 1. The predicted molar refractivity (Wildman–Crippen MR) is 105 cm³/mol. The van der Waals surface area contributed by atoms with Crippen LogP contribution in [0.25, 0.3) is 22.8 Å². The second kappa shape index (κ2) is 7.11. The number of hydrogen-bond donors (Lipinski definition) is 1. The highest BCUT2D eigenvalue weighted by atomic mass is 35.5. The molecule has 0 amide bonds. The SMILES string of the molecule is Fc1ccc(Nc2nc(-c3ccc(-c4cc(Cl)ccc4Cl)o3)cs2)cc1. The van der Waals surface area contributed by atoms with E-state index in [4.69, 9.17) is 27.6 Å². The van der Waals surface area contributed by atoms with Crippen LogP contribution in [0.2, 0.25) is 10.0 Å². The van der Waals surface area contributed by atoms with Gasteiger partial charge in [0.1, 0.15) is 17.3 Å². The Kier molecular flexibility index (Phi) is 4.68. The molecule has 0 saturated carbocycles. The number of nitrogens with one attached hydrogen (secondary N) is 1. The van der Waals surface area contributed by atoms with Crippen LogP contribution in [0.1, 0.15) is 0 Å². The highest BCUT2D eigenvalue weighted by Crippen LogP contribution is 2.35. The van der Waals surface area contributed by atoms with Gasteiger partial charge in [-0.15, -0.1) is 11.3 Å². The number of thiazole rings is 1. The molecule has 4 aromatic rings. The zero-order valence-electron chi connectivity index (χ0n) is 13.2. The maximum atomic E-state index is 13.0. The number of anilines is 2. The Morgan fingerprint density at radius 3 is 2.54 bits per heavy atom. The van der Waals surface area contributed by atoms with Crippen molar-refractivity contribution in [3.05, 3.63) is 75.8 Å². The Bertz CT molecular complexity index is 1060. The van der Waals surface area contributed by atoms with Gasteiger partial charge in [0.25, 0.3) is 0 Å². The zero-order valence-corrected chi connectivity index (χ0v) is 15.5. The van der Waals surface area contributed by atoms with Crippen LogP contribution in [-0.4, -0.2) is 4.98 Å². The largest absolute Gasteiger partial charge is 0.454 e. The highest BCUT2D eigenvalue weighted by Gasteiger charge is 2.13. The molecular formula is C19H11Cl2FN2OS. The molecule has 0 aliphatic carbocycles. The van der Waals surface area contributed by atoms with E-state index in [0.717, 1.165) is 11.3 Å². The van der Waals surface area contributed by atoms with Gasteiger partial charge in [-0.05, 0) is 54.6 Å². The Balaban J connectivity index is 1.57. The first-order valence-electron chi connectivity index (χ1n) is 7.62. The summed E-state index contributed by atoms with van der Waals surface area (Å²) in [4.78, 5) is 4.51. The smallest absolute Gasteiger partial charge is 0.187 e. The summed E-state index contributed by atoms with van der Waals surface area (Å²) < 4.78 is 18.9. The lowest BCUT2D eigenvalue weighted by molar-refractivity contribution is 0.595. The van der Waals surface area contributed by atoms with Crippen molar-refractivity contribution in [1.29, 1.82) is 0 Å². The van der Waals surface area contributed by atoms with E-state index in [1.54, 1.807) is 30.3 Å². The number of aromatic nitrogens is 1. The molecule has 0 radical (unpaired) electrons. The van der Waals surface area contributed by atoms with Crippen LogP contribution in [0.5, 0.6) is 0 Å². The van der Waals surface area contributed by atoms with E-state index in [2.05, 4.69) is 10.3 Å². The molecule has 0 aliphatic rings. The Hall–Kier alpha value is -2.34. The van der Waals surface area contributed by atoms with Gasteiger partial charge in [-0.3, -0.25) is 0 Å². The van der Waals surface area contributed by atoms with E-state index in [-0.39, 0.29) is 5.82 Å². The van der Waals surface area contributed by atoms with Gasteiger partial charge in [0.15, 0.2) is 10.9 Å². The molecular weight excluding hydrogens is 394 g/mol. The average Bonchev–Trinajstić information content (AvgIpc) is 3.28. The molecule has 0 unspecified atom stereocenters. The summed E-state index contributed by atoms with van der Waals surface area (Å²) in [6.45, 7) is 0. The van der Waals surface area contributed by atoms with Crippen molar-refractivity contribution in [3.63, 3.8) is 0 Å². The third-order valence-corrected chi connectivity index (χ3v) is 4.97. The number of rotatable bonds is 4. The lowest BCUT2D eigenvalue weighted by atomic mass is 10.2. The fourth-order valence-corrected chi connectivity index (χ4v) is 3.51. The molecule has 0 saturated heterocycles. The molecule has 1 N–H and O–H groups in total. The normalized spacial score (nSPS) is 10.9. The van der Waals surface area contributed by atoms with Crippen molar-refractivity contribution < 1.29 is 8.81 Å². The Labute approximate surface area is 163 Å². The second-order valence-electron chi connectivity index (χ2n) is 5.46. The molecule has 26 heavy (non-hydrogen) atoms. The molecule has 130 valence electrons. The van der Waals surface area contributed by atoms with E-state index in [1.165, 1.54) is 23.5 Å². The molecule has 0 spiro atoms. The maximum Gasteiger partial charge on any atom is 0.187 e. The van der Waals surface area contributed by atoms with E-state index < -0.39 is 0 Å². The molecule has 4 rings (SSSR count). The van der Waals surface area contributed by atoms with Crippen molar-refractivity contribution in [3.8, 4) is 22.8 Å². The van der Waals surface area contributed by atoms with E-state index >= 15 is 0 Å². The minimum atomic E-state index is -0.279. The Morgan fingerprint density at radius 1 is 0.962 bits per heavy atom. The number of halogens is 3. The van der Waals surface area contributed by atoms with Gasteiger partial charge < -0.3 is 9.73 Å². The van der Waals surface area contributed by atoms with Crippen LogP contribution in [0.3, 0.4) is 0 Å². The molecule has 0 fully saturated rings. The van der Waals surface area contributed by atoms with E-state index in [1.807, 2.05) is 17.5 Å². The van der Waals surface area contributed by atoms with Crippen molar-refractivity contribution in [2.75, 3.05) is 5.32 Å². The summed E-state index contributed by atoms with van der Waals surface area (Å²) in [5.41, 5.74) is 2.19. The van der Waals surface area contributed by atoms with Crippen LogP contribution in [0.4, 0.5) is 15.2 Å². The van der Waals surface area contributed by atoms with Crippen molar-refractivity contribution >= 4 is 45.4 Å². The fourth-order valence-electron chi connectivity index (χ4n) is 2.41. The van der Waals surface area contributed by atoms with E-state index in [0.29, 0.717) is 32.4 Å². The van der Waals surface area contributed by atoms with Gasteiger partial charge in [-0.1, -0.05) is 23.2 Å². The average molecular weight is 405 g/mol. The molecule has 0 atom stereocenters. The monoisotopic (exact) mass is 404 g/mol. The summed E-state index contributed by atoms with van der Waals surface area (Å²) >= 11 is 13.7.